The lowest BCUT2D eigenvalue weighted by molar-refractivity contribution is -0.114. The van der Waals surface area contributed by atoms with Gasteiger partial charge in [-0.15, -0.1) is 0 Å². The number of hydrogen-bond donors (Lipinski definition) is 1. The fraction of sp³-hybridized carbons (Fsp3) is 0.650. The Morgan fingerprint density at radius 2 is 2.18 bits per heavy atom. The Hall–Kier alpha value is -1.15. The van der Waals surface area contributed by atoms with Gasteiger partial charge in [-0.25, -0.2) is 0 Å². The molecule has 0 aromatic heterocycles. The summed E-state index contributed by atoms with van der Waals surface area (Å²) in [7, 11) is 0. The van der Waals surface area contributed by atoms with Crippen molar-refractivity contribution in [2.75, 3.05) is 6.61 Å². The average Bonchev–Trinajstić information content (AvgIpc) is 2.83. The summed E-state index contributed by atoms with van der Waals surface area (Å²) in [4.78, 5) is 11.7. The summed E-state index contributed by atoms with van der Waals surface area (Å²) in [5, 5.41) is 9.29. The molecule has 22 heavy (non-hydrogen) atoms. The highest BCUT2D eigenvalue weighted by Crippen LogP contribution is 2.59. The van der Waals surface area contributed by atoms with Crippen molar-refractivity contribution in [2.45, 2.75) is 51.9 Å². The molecule has 118 valence electrons. The Kier molecular flexibility index (Phi) is 3.41. The van der Waals surface area contributed by atoms with Gasteiger partial charge in [0.2, 0.25) is 0 Å². The van der Waals surface area contributed by atoms with Crippen LogP contribution < -0.4 is 0 Å². The Morgan fingerprint density at radius 1 is 1.32 bits per heavy atom. The summed E-state index contributed by atoms with van der Waals surface area (Å²) in [6.45, 7) is 2.74. The van der Waals surface area contributed by atoms with Crippen molar-refractivity contribution in [1.29, 1.82) is 0 Å². The first-order valence-corrected chi connectivity index (χ1v) is 8.87. The Balaban J connectivity index is 1.70. The molecular formula is C20H26O2. The summed E-state index contributed by atoms with van der Waals surface area (Å²) < 4.78 is 0. The van der Waals surface area contributed by atoms with E-state index in [1.54, 1.807) is 0 Å². The van der Waals surface area contributed by atoms with Crippen molar-refractivity contribution in [3.05, 3.63) is 34.9 Å². The van der Waals surface area contributed by atoms with Gasteiger partial charge >= 0.3 is 0 Å². The minimum absolute atomic E-state index is 0.311. The van der Waals surface area contributed by atoms with Gasteiger partial charge in [-0.2, -0.15) is 0 Å². The molecule has 0 bridgehead atoms. The van der Waals surface area contributed by atoms with Crippen molar-refractivity contribution < 1.29 is 9.90 Å². The molecule has 4 aliphatic carbocycles. The standard InChI is InChI=1S/C20H26O2/c1-20-8-6-17-16-5-3-15(22)11-14(16)2-4-18(17)19(20)10-13(12-20)7-9-21/h6,8,11,13,18-19,21H,2-5,7,9-10,12H2,1H3/t13-,18-,19+,20-/m1/s1. The molecule has 2 nitrogen and oxygen atoms in total. The van der Waals surface area contributed by atoms with Crippen molar-refractivity contribution in [3.63, 3.8) is 0 Å². The van der Waals surface area contributed by atoms with Crippen LogP contribution in [0.15, 0.2) is 34.9 Å². The molecule has 1 fully saturated rings. The van der Waals surface area contributed by atoms with Crippen molar-refractivity contribution in [2.24, 2.45) is 23.2 Å². The van der Waals surface area contributed by atoms with Crippen molar-refractivity contribution in [1.82, 2.24) is 0 Å². The van der Waals surface area contributed by atoms with Crippen molar-refractivity contribution >= 4 is 5.78 Å². The van der Waals surface area contributed by atoms with Crippen LogP contribution in [0.4, 0.5) is 0 Å². The second-order valence-electron chi connectivity index (χ2n) is 7.98. The second-order valence-corrected chi connectivity index (χ2v) is 7.98. The maximum atomic E-state index is 11.7. The molecule has 4 aliphatic rings. The predicted octanol–water partition coefficient (Wildman–Crippen LogP) is 3.97. The number of carbonyl (C=O) groups is 1. The van der Waals surface area contributed by atoms with Gasteiger partial charge in [-0.1, -0.05) is 19.1 Å². The summed E-state index contributed by atoms with van der Waals surface area (Å²) in [6, 6.07) is 0. The maximum absolute atomic E-state index is 11.7. The van der Waals surface area contributed by atoms with E-state index in [9.17, 15) is 9.90 Å². The topological polar surface area (TPSA) is 37.3 Å². The van der Waals surface area contributed by atoms with E-state index in [1.807, 2.05) is 6.08 Å². The molecule has 4 atom stereocenters. The van der Waals surface area contributed by atoms with E-state index in [0.29, 0.717) is 36.1 Å². The Bertz CT molecular complexity index is 595. The molecule has 0 saturated heterocycles. The molecule has 0 amide bonds. The first-order chi connectivity index (χ1) is 10.6. The lowest BCUT2D eigenvalue weighted by atomic mass is 9.61. The molecule has 0 radical (unpaired) electrons. The van der Waals surface area contributed by atoms with Gasteiger partial charge in [0, 0.05) is 13.0 Å². The first-order valence-electron chi connectivity index (χ1n) is 8.87. The van der Waals surface area contributed by atoms with E-state index in [1.165, 1.54) is 36.0 Å². The number of ketones is 1. The van der Waals surface area contributed by atoms with Crippen LogP contribution in [-0.4, -0.2) is 17.5 Å². The number of rotatable bonds is 2. The highest BCUT2D eigenvalue weighted by Gasteiger charge is 2.49. The second kappa shape index (κ2) is 5.19. The van der Waals surface area contributed by atoms with Gasteiger partial charge in [0.15, 0.2) is 5.78 Å². The van der Waals surface area contributed by atoms with Gasteiger partial charge in [0.25, 0.3) is 0 Å². The molecule has 0 unspecified atom stereocenters. The SMILES string of the molecule is C[C@]12C=CC3=C4CCC(=O)C=C4CC[C@H]3[C@@H]1C[C@@H](CCO)C2. The zero-order valence-electron chi connectivity index (χ0n) is 13.5. The van der Waals surface area contributed by atoms with Crippen molar-refractivity contribution in [3.8, 4) is 0 Å². The highest BCUT2D eigenvalue weighted by molar-refractivity contribution is 5.93. The first kappa shape index (κ1) is 14.4. The van der Waals surface area contributed by atoms with Crippen LogP contribution in [0.5, 0.6) is 0 Å². The molecule has 0 aromatic carbocycles. The number of aliphatic hydroxyl groups excluding tert-OH is 1. The van der Waals surface area contributed by atoms with Gasteiger partial charge in [-0.3, -0.25) is 4.79 Å². The molecule has 0 spiro atoms. The minimum Gasteiger partial charge on any atom is -0.396 e. The largest absolute Gasteiger partial charge is 0.396 e. The number of carbonyl (C=O) groups excluding carboxylic acids is 1. The smallest absolute Gasteiger partial charge is 0.156 e. The number of fused-ring (bicyclic) bond motifs is 4. The summed E-state index contributed by atoms with van der Waals surface area (Å²) in [5.74, 6) is 2.40. The molecule has 0 aromatic rings. The monoisotopic (exact) mass is 298 g/mol. The van der Waals surface area contributed by atoms with E-state index in [4.69, 9.17) is 0 Å². The van der Waals surface area contributed by atoms with E-state index in [-0.39, 0.29) is 0 Å². The number of allylic oxidation sites excluding steroid dienone is 6. The summed E-state index contributed by atoms with van der Waals surface area (Å²) in [6.07, 6.45) is 14.1. The Morgan fingerprint density at radius 3 is 3.00 bits per heavy atom. The van der Waals surface area contributed by atoms with Gasteiger partial charge in [-0.05, 0) is 84.5 Å². The third kappa shape index (κ3) is 2.15. The zero-order chi connectivity index (χ0) is 15.3. The predicted molar refractivity (Wildman–Crippen MR) is 87.2 cm³/mol. The third-order valence-corrected chi connectivity index (χ3v) is 6.65. The molecule has 4 rings (SSSR count). The quantitative estimate of drug-likeness (QED) is 0.837. The molecule has 1 N–H and O–H groups in total. The van der Waals surface area contributed by atoms with Crippen LogP contribution >= 0.6 is 0 Å². The minimum atomic E-state index is 0.311. The average molecular weight is 298 g/mol. The van der Waals surface area contributed by atoms with E-state index in [0.717, 1.165) is 25.2 Å². The normalized spacial score (nSPS) is 40.2. The highest BCUT2D eigenvalue weighted by atomic mass is 16.3. The fourth-order valence-electron chi connectivity index (χ4n) is 5.63. The molecule has 0 aliphatic heterocycles. The third-order valence-electron chi connectivity index (χ3n) is 6.65. The van der Waals surface area contributed by atoms with Gasteiger partial charge < -0.3 is 5.11 Å². The summed E-state index contributed by atoms with van der Waals surface area (Å²) in [5.41, 5.74) is 4.66. The molecule has 0 heterocycles. The fourth-order valence-corrected chi connectivity index (χ4v) is 5.63. The van der Waals surface area contributed by atoms with Crippen LogP contribution in [0.1, 0.15) is 51.9 Å². The lowest BCUT2D eigenvalue weighted by Crippen LogP contribution is -2.33. The van der Waals surface area contributed by atoms with Gasteiger partial charge in [0.1, 0.15) is 0 Å². The van der Waals surface area contributed by atoms with Gasteiger partial charge in [0.05, 0.1) is 0 Å². The lowest BCUT2D eigenvalue weighted by Gasteiger charge is -2.43. The Labute approximate surface area is 133 Å². The van der Waals surface area contributed by atoms with Crippen LogP contribution in [0.3, 0.4) is 0 Å². The number of aliphatic hydroxyl groups is 1. The number of hydrogen-bond acceptors (Lipinski definition) is 2. The van der Waals surface area contributed by atoms with Crippen LogP contribution in [0.2, 0.25) is 0 Å². The summed E-state index contributed by atoms with van der Waals surface area (Å²) >= 11 is 0. The maximum Gasteiger partial charge on any atom is 0.156 e. The van der Waals surface area contributed by atoms with E-state index in [2.05, 4.69) is 19.1 Å². The van der Waals surface area contributed by atoms with Crippen LogP contribution in [0.25, 0.3) is 0 Å². The van der Waals surface area contributed by atoms with Crippen LogP contribution in [-0.2, 0) is 4.79 Å². The molecule has 2 heteroatoms. The molecule has 1 saturated carbocycles. The van der Waals surface area contributed by atoms with Crippen LogP contribution in [0, 0.1) is 23.2 Å². The molecular weight excluding hydrogens is 272 g/mol. The van der Waals surface area contributed by atoms with E-state index < -0.39 is 0 Å². The zero-order valence-corrected chi connectivity index (χ0v) is 13.5. The van der Waals surface area contributed by atoms with E-state index >= 15 is 0 Å².